The highest BCUT2D eigenvalue weighted by Crippen LogP contribution is 2.40. The van der Waals surface area contributed by atoms with Gasteiger partial charge in [0, 0.05) is 18.2 Å². The first-order valence-electron chi connectivity index (χ1n) is 10.7. The molecule has 0 atom stereocenters. The summed E-state index contributed by atoms with van der Waals surface area (Å²) in [5.41, 5.74) is 3.71. The summed E-state index contributed by atoms with van der Waals surface area (Å²) in [5.74, 6) is 0.805. The van der Waals surface area contributed by atoms with Gasteiger partial charge in [0.05, 0.1) is 29.3 Å². The molecule has 1 heterocycles. The molecule has 1 N–H and O–H groups in total. The lowest BCUT2D eigenvalue weighted by atomic mass is 10.1. The highest BCUT2D eigenvalue weighted by atomic mass is 16.5. The first kappa shape index (κ1) is 20.0. The van der Waals surface area contributed by atoms with Crippen LogP contribution in [0.5, 0.6) is 0 Å². The van der Waals surface area contributed by atoms with Crippen molar-refractivity contribution in [3.63, 3.8) is 0 Å². The van der Waals surface area contributed by atoms with Crippen LogP contribution in [-0.4, -0.2) is 22.6 Å². The molecule has 0 bridgehead atoms. The highest BCUT2D eigenvalue weighted by Gasteiger charge is 2.30. The molecule has 1 fully saturated rings. The van der Waals surface area contributed by atoms with Gasteiger partial charge in [-0.2, -0.15) is 0 Å². The van der Waals surface area contributed by atoms with Crippen molar-refractivity contribution >= 4 is 22.6 Å². The number of para-hydroxylation sites is 1. The SMILES string of the molecule is COC(=O)c1ccc(CNc2cccc3nc(C4CC4)n(-c4ccccc4)c(=O)c23)cc1. The summed E-state index contributed by atoms with van der Waals surface area (Å²) in [6.45, 7) is 0.510. The lowest BCUT2D eigenvalue weighted by Crippen LogP contribution is -2.24. The molecule has 0 radical (unpaired) electrons. The van der Waals surface area contributed by atoms with Crippen molar-refractivity contribution in [2.24, 2.45) is 0 Å². The fourth-order valence-electron chi connectivity index (χ4n) is 3.91. The molecule has 5 rings (SSSR count). The monoisotopic (exact) mass is 425 g/mol. The number of anilines is 1. The number of hydrogen-bond donors (Lipinski definition) is 1. The Labute approximate surface area is 185 Å². The fourth-order valence-corrected chi connectivity index (χ4v) is 3.91. The van der Waals surface area contributed by atoms with Crippen LogP contribution in [0, 0.1) is 0 Å². The Bertz CT molecular complexity index is 1340. The number of carbonyl (C=O) groups excluding carboxylic acids is 1. The van der Waals surface area contributed by atoms with E-state index in [1.165, 1.54) is 7.11 Å². The molecular weight excluding hydrogens is 402 g/mol. The van der Waals surface area contributed by atoms with E-state index in [2.05, 4.69) is 5.32 Å². The van der Waals surface area contributed by atoms with Crippen molar-refractivity contribution in [2.75, 3.05) is 12.4 Å². The quantitative estimate of drug-likeness (QED) is 0.455. The van der Waals surface area contributed by atoms with Crippen molar-refractivity contribution in [1.82, 2.24) is 9.55 Å². The number of esters is 1. The van der Waals surface area contributed by atoms with Crippen molar-refractivity contribution in [3.05, 3.63) is 100 Å². The van der Waals surface area contributed by atoms with E-state index in [-0.39, 0.29) is 11.5 Å². The van der Waals surface area contributed by atoms with Crippen molar-refractivity contribution in [1.29, 1.82) is 0 Å². The minimum atomic E-state index is -0.363. The molecule has 6 heteroatoms. The maximum atomic E-state index is 13.7. The standard InChI is InChI=1S/C26H23N3O3/c1-32-26(31)19-12-10-17(11-13-19)16-27-21-8-5-9-22-23(21)25(30)29(20-6-3-2-4-7-20)24(28-22)18-14-15-18/h2-13,18,27H,14-16H2,1H3. The van der Waals surface area contributed by atoms with Crippen LogP contribution in [0.25, 0.3) is 16.6 Å². The average molecular weight is 425 g/mol. The molecule has 3 aromatic carbocycles. The molecule has 4 aromatic rings. The van der Waals surface area contributed by atoms with Gasteiger partial charge >= 0.3 is 5.97 Å². The zero-order valence-electron chi connectivity index (χ0n) is 17.7. The summed E-state index contributed by atoms with van der Waals surface area (Å²) < 4.78 is 6.51. The second-order valence-electron chi connectivity index (χ2n) is 7.96. The number of aromatic nitrogens is 2. The number of methoxy groups -OCH3 is 1. The summed E-state index contributed by atoms with van der Waals surface area (Å²) in [5, 5.41) is 3.96. The summed E-state index contributed by atoms with van der Waals surface area (Å²) in [6.07, 6.45) is 2.12. The van der Waals surface area contributed by atoms with Crippen molar-refractivity contribution in [2.45, 2.75) is 25.3 Å². The molecule has 6 nitrogen and oxygen atoms in total. The lowest BCUT2D eigenvalue weighted by molar-refractivity contribution is 0.0600. The van der Waals surface area contributed by atoms with Crippen LogP contribution in [0.15, 0.2) is 77.6 Å². The van der Waals surface area contributed by atoms with Gasteiger partial charge in [0.15, 0.2) is 0 Å². The van der Waals surface area contributed by atoms with Crippen molar-refractivity contribution < 1.29 is 9.53 Å². The number of rotatable bonds is 6. The Morgan fingerprint density at radius 1 is 1.03 bits per heavy atom. The summed E-state index contributed by atoms with van der Waals surface area (Å²) >= 11 is 0. The first-order valence-corrected chi connectivity index (χ1v) is 10.7. The lowest BCUT2D eigenvalue weighted by Gasteiger charge is -2.15. The van der Waals surface area contributed by atoms with Gasteiger partial charge in [0.1, 0.15) is 5.82 Å². The number of fused-ring (bicyclic) bond motifs is 1. The molecule has 0 saturated heterocycles. The van der Waals surface area contributed by atoms with Crippen LogP contribution in [-0.2, 0) is 11.3 Å². The Balaban J connectivity index is 1.53. The largest absolute Gasteiger partial charge is 0.465 e. The Hall–Kier alpha value is -3.93. The van der Waals surface area contributed by atoms with Gasteiger partial charge < -0.3 is 10.1 Å². The number of ether oxygens (including phenoxy) is 1. The predicted octanol–water partition coefficient (Wildman–Crippen LogP) is 4.66. The van der Waals surface area contributed by atoms with Gasteiger partial charge in [-0.1, -0.05) is 36.4 Å². The Kier molecular flexibility index (Phi) is 5.19. The van der Waals surface area contributed by atoms with Crippen LogP contribution in [0.4, 0.5) is 5.69 Å². The summed E-state index contributed by atoms with van der Waals surface area (Å²) in [6, 6.07) is 22.6. The van der Waals surface area contributed by atoms with Crippen molar-refractivity contribution in [3.8, 4) is 5.69 Å². The molecule has 32 heavy (non-hydrogen) atoms. The smallest absolute Gasteiger partial charge is 0.337 e. The third kappa shape index (κ3) is 3.75. The van der Waals surface area contributed by atoms with E-state index in [1.54, 1.807) is 16.7 Å². The van der Waals surface area contributed by atoms with E-state index < -0.39 is 0 Å². The molecule has 160 valence electrons. The second-order valence-corrected chi connectivity index (χ2v) is 7.96. The Morgan fingerprint density at radius 3 is 2.47 bits per heavy atom. The zero-order chi connectivity index (χ0) is 22.1. The maximum Gasteiger partial charge on any atom is 0.337 e. The molecule has 0 unspecified atom stereocenters. The van der Waals surface area contributed by atoms with Gasteiger partial charge in [-0.3, -0.25) is 9.36 Å². The van der Waals surface area contributed by atoms with Crippen LogP contribution in [0.2, 0.25) is 0 Å². The fraction of sp³-hybridized carbons (Fsp3) is 0.192. The molecular formula is C26H23N3O3. The van der Waals surface area contributed by atoms with Crippen LogP contribution < -0.4 is 10.9 Å². The third-order valence-corrected chi connectivity index (χ3v) is 5.74. The van der Waals surface area contributed by atoms with Gasteiger partial charge in [-0.05, 0) is 54.8 Å². The number of nitrogens with zero attached hydrogens (tertiary/aromatic N) is 2. The van der Waals surface area contributed by atoms with Gasteiger partial charge in [-0.25, -0.2) is 9.78 Å². The molecule has 0 spiro atoms. The van der Waals surface area contributed by atoms with E-state index in [9.17, 15) is 9.59 Å². The van der Waals surface area contributed by atoms with E-state index >= 15 is 0 Å². The van der Waals surface area contributed by atoms with Gasteiger partial charge in [0.2, 0.25) is 0 Å². The third-order valence-electron chi connectivity index (χ3n) is 5.74. The van der Waals surface area contributed by atoms with E-state index in [0.29, 0.717) is 28.9 Å². The minimum absolute atomic E-state index is 0.0627. The van der Waals surface area contributed by atoms with E-state index in [0.717, 1.165) is 35.6 Å². The minimum Gasteiger partial charge on any atom is -0.465 e. The molecule has 0 aliphatic heterocycles. The topological polar surface area (TPSA) is 73.2 Å². The van der Waals surface area contributed by atoms with Gasteiger partial charge in [0.25, 0.3) is 5.56 Å². The predicted molar refractivity (Wildman–Crippen MR) is 124 cm³/mol. The average Bonchev–Trinajstić information content (AvgIpc) is 3.68. The molecule has 1 saturated carbocycles. The zero-order valence-corrected chi connectivity index (χ0v) is 17.7. The number of benzene rings is 3. The molecule has 1 aliphatic rings. The van der Waals surface area contributed by atoms with Gasteiger partial charge in [-0.15, -0.1) is 0 Å². The number of hydrogen-bond acceptors (Lipinski definition) is 5. The summed E-state index contributed by atoms with van der Waals surface area (Å²) in [7, 11) is 1.36. The number of nitrogens with one attached hydrogen (secondary N) is 1. The second kappa shape index (κ2) is 8.30. The molecule has 1 aromatic heterocycles. The van der Waals surface area contributed by atoms with Crippen LogP contribution in [0.1, 0.15) is 40.5 Å². The first-order chi connectivity index (χ1) is 15.7. The van der Waals surface area contributed by atoms with E-state index in [1.807, 2.05) is 60.7 Å². The van der Waals surface area contributed by atoms with Crippen LogP contribution in [0.3, 0.4) is 0 Å². The van der Waals surface area contributed by atoms with E-state index in [4.69, 9.17) is 9.72 Å². The highest BCUT2D eigenvalue weighted by molar-refractivity contribution is 5.91. The number of carbonyl (C=O) groups is 1. The Morgan fingerprint density at radius 2 is 1.78 bits per heavy atom. The maximum absolute atomic E-state index is 13.7. The molecule has 1 aliphatic carbocycles. The van der Waals surface area contributed by atoms with Crippen LogP contribution >= 0.6 is 0 Å². The normalized spacial score (nSPS) is 13.2. The summed E-state index contributed by atoms with van der Waals surface area (Å²) in [4.78, 5) is 30.2. The molecule has 0 amide bonds.